The average Bonchev–Trinajstić information content (AvgIpc) is 2.79. The van der Waals surface area contributed by atoms with Crippen LogP contribution in [0.25, 0.3) is 0 Å². The van der Waals surface area contributed by atoms with Gasteiger partial charge in [-0.3, -0.25) is 0 Å². The molecule has 17 heavy (non-hydrogen) atoms. The van der Waals surface area contributed by atoms with Gasteiger partial charge in [0.25, 0.3) is 0 Å². The molecule has 1 aliphatic rings. The summed E-state index contributed by atoms with van der Waals surface area (Å²) in [4.78, 5) is 0. The van der Waals surface area contributed by atoms with Gasteiger partial charge in [-0.2, -0.15) is 0 Å². The van der Waals surface area contributed by atoms with E-state index in [2.05, 4.69) is 12.2 Å². The summed E-state index contributed by atoms with van der Waals surface area (Å²) in [5.74, 6) is 0.447. The fourth-order valence-corrected chi connectivity index (χ4v) is 2.18. The van der Waals surface area contributed by atoms with Crippen LogP contribution in [0, 0.1) is 5.92 Å². The lowest BCUT2D eigenvalue weighted by Gasteiger charge is -2.17. The molecule has 1 fully saturated rings. The lowest BCUT2D eigenvalue weighted by molar-refractivity contribution is -0.00562. The van der Waals surface area contributed by atoms with Crippen LogP contribution >= 0.6 is 0 Å². The van der Waals surface area contributed by atoms with E-state index in [1.165, 1.54) is 12.8 Å². The van der Waals surface area contributed by atoms with E-state index in [9.17, 15) is 5.11 Å². The molecule has 0 aromatic rings. The molecule has 0 aliphatic heterocycles. The minimum absolute atomic E-state index is 0.232. The Bertz CT molecular complexity index is 184. The van der Waals surface area contributed by atoms with E-state index in [-0.39, 0.29) is 6.61 Å². The van der Waals surface area contributed by atoms with Gasteiger partial charge < -0.3 is 20.3 Å². The molecule has 0 aromatic carbocycles. The maximum atomic E-state index is 9.72. The summed E-state index contributed by atoms with van der Waals surface area (Å²) in [6.07, 6.45) is 5.58. The van der Waals surface area contributed by atoms with E-state index in [1.807, 2.05) is 0 Å². The largest absolute Gasteiger partial charge is 0.396 e. The topological polar surface area (TPSA) is 61.7 Å². The predicted octanol–water partition coefficient (Wildman–Crippen LogP) is 0.915. The Hall–Kier alpha value is -0.160. The SMILES string of the molecule is CC(CCO)CNCC(O)COC1CCCC1. The summed E-state index contributed by atoms with van der Waals surface area (Å²) >= 11 is 0. The van der Waals surface area contributed by atoms with Gasteiger partial charge in [0, 0.05) is 13.2 Å². The van der Waals surface area contributed by atoms with Crippen molar-refractivity contribution in [2.45, 2.75) is 51.2 Å². The molecule has 102 valence electrons. The second kappa shape index (κ2) is 8.86. The van der Waals surface area contributed by atoms with E-state index in [0.29, 0.717) is 25.2 Å². The molecule has 4 nitrogen and oxygen atoms in total. The Morgan fingerprint density at radius 2 is 2.00 bits per heavy atom. The highest BCUT2D eigenvalue weighted by atomic mass is 16.5. The molecule has 4 heteroatoms. The van der Waals surface area contributed by atoms with Gasteiger partial charge in [0.05, 0.1) is 18.8 Å². The molecular formula is C13H27NO3. The van der Waals surface area contributed by atoms with Crippen molar-refractivity contribution in [1.29, 1.82) is 0 Å². The number of ether oxygens (including phenoxy) is 1. The molecule has 0 radical (unpaired) electrons. The van der Waals surface area contributed by atoms with Crippen LogP contribution in [-0.4, -0.2) is 48.7 Å². The second-order valence-corrected chi connectivity index (χ2v) is 5.17. The normalized spacial score (nSPS) is 20.6. The number of aliphatic hydroxyl groups excluding tert-OH is 2. The highest BCUT2D eigenvalue weighted by Gasteiger charge is 2.16. The van der Waals surface area contributed by atoms with E-state index in [0.717, 1.165) is 25.8 Å². The van der Waals surface area contributed by atoms with Gasteiger partial charge in [-0.15, -0.1) is 0 Å². The molecule has 1 rings (SSSR count). The zero-order valence-electron chi connectivity index (χ0n) is 10.9. The smallest absolute Gasteiger partial charge is 0.0897 e. The first-order valence-corrected chi connectivity index (χ1v) is 6.83. The van der Waals surface area contributed by atoms with Gasteiger partial charge in [0.2, 0.25) is 0 Å². The van der Waals surface area contributed by atoms with Crippen LogP contribution in [-0.2, 0) is 4.74 Å². The van der Waals surface area contributed by atoms with E-state index >= 15 is 0 Å². The van der Waals surface area contributed by atoms with Gasteiger partial charge >= 0.3 is 0 Å². The fraction of sp³-hybridized carbons (Fsp3) is 1.00. The molecule has 1 aliphatic carbocycles. The minimum atomic E-state index is -0.420. The monoisotopic (exact) mass is 245 g/mol. The molecule has 3 N–H and O–H groups in total. The van der Waals surface area contributed by atoms with E-state index < -0.39 is 6.10 Å². The molecule has 0 spiro atoms. The van der Waals surface area contributed by atoms with Crippen molar-refractivity contribution < 1.29 is 14.9 Å². The van der Waals surface area contributed by atoms with Crippen molar-refractivity contribution in [2.75, 3.05) is 26.3 Å². The van der Waals surface area contributed by atoms with Crippen LogP contribution in [0.3, 0.4) is 0 Å². The summed E-state index contributed by atoms with van der Waals surface area (Å²) in [6.45, 7) is 4.16. The van der Waals surface area contributed by atoms with Crippen LogP contribution in [0.1, 0.15) is 39.0 Å². The van der Waals surface area contributed by atoms with Crippen LogP contribution in [0.15, 0.2) is 0 Å². The van der Waals surface area contributed by atoms with Crippen molar-refractivity contribution in [3.05, 3.63) is 0 Å². The summed E-state index contributed by atoms with van der Waals surface area (Å²) in [5, 5.41) is 21.7. The van der Waals surface area contributed by atoms with Gasteiger partial charge in [-0.1, -0.05) is 19.8 Å². The molecular weight excluding hydrogens is 218 g/mol. The highest BCUT2D eigenvalue weighted by Crippen LogP contribution is 2.20. The third kappa shape index (κ3) is 6.99. The minimum Gasteiger partial charge on any atom is -0.396 e. The highest BCUT2D eigenvalue weighted by molar-refractivity contribution is 4.68. The van der Waals surface area contributed by atoms with Crippen molar-refractivity contribution in [2.24, 2.45) is 5.92 Å². The molecule has 0 saturated heterocycles. The Kier molecular flexibility index (Phi) is 7.77. The first kappa shape index (κ1) is 14.9. The van der Waals surface area contributed by atoms with E-state index in [1.54, 1.807) is 0 Å². The number of rotatable bonds is 9. The summed E-state index contributed by atoms with van der Waals surface area (Å²) < 4.78 is 5.64. The van der Waals surface area contributed by atoms with Crippen molar-refractivity contribution in [3.8, 4) is 0 Å². The summed E-state index contributed by atoms with van der Waals surface area (Å²) in [7, 11) is 0. The van der Waals surface area contributed by atoms with Crippen molar-refractivity contribution in [1.82, 2.24) is 5.32 Å². The van der Waals surface area contributed by atoms with Crippen molar-refractivity contribution >= 4 is 0 Å². The van der Waals surface area contributed by atoms with Gasteiger partial charge in [-0.05, 0) is 31.7 Å². The zero-order valence-corrected chi connectivity index (χ0v) is 10.9. The Balaban J connectivity index is 1.94. The van der Waals surface area contributed by atoms with Gasteiger partial charge in [0.1, 0.15) is 0 Å². The number of hydrogen-bond donors (Lipinski definition) is 3. The number of aliphatic hydroxyl groups is 2. The quantitative estimate of drug-likeness (QED) is 0.565. The Morgan fingerprint density at radius 3 is 2.65 bits per heavy atom. The fourth-order valence-electron chi connectivity index (χ4n) is 2.18. The first-order chi connectivity index (χ1) is 8.22. The lowest BCUT2D eigenvalue weighted by atomic mass is 10.1. The van der Waals surface area contributed by atoms with Gasteiger partial charge in [0.15, 0.2) is 0 Å². The standard InChI is InChI=1S/C13H27NO3/c1-11(6-7-15)8-14-9-12(16)10-17-13-4-2-3-5-13/h11-16H,2-10H2,1H3. The zero-order chi connectivity index (χ0) is 12.5. The second-order valence-electron chi connectivity index (χ2n) is 5.17. The molecule has 1 saturated carbocycles. The molecule has 0 heterocycles. The maximum absolute atomic E-state index is 9.72. The van der Waals surface area contributed by atoms with Crippen LogP contribution in [0.5, 0.6) is 0 Å². The lowest BCUT2D eigenvalue weighted by Crippen LogP contribution is -2.34. The third-order valence-electron chi connectivity index (χ3n) is 3.32. The van der Waals surface area contributed by atoms with Crippen LogP contribution < -0.4 is 5.32 Å². The molecule has 2 atom stereocenters. The molecule has 0 aromatic heterocycles. The Labute approximate surface area is 104 Å². The van der Waals surface area contributed by atoms with Crippen LogP contribution in [0.2, 0.25) is 0 Å². The van der Waals surface area contributed by atoms with Crippen molar-refractivity contribution in [3.63, 3.8) is 0 Å². The molecule has 2 unspecified atom stereocenters. The average molecular weight is 245 g/mol. The molecule has 0 bridgehead atoms. The summed E-state index contributed by atoms with van der Waals surface area (Å²) in [5.41, 5.74) is 0. The Morgan fingerprint density at radius 1 is 1.29 bits per heavy atom. The van der Waals surface area contributed by atoms with E-state index in [4.69, 9.17) is 9.84 Å². The first-order valence-electron chi connectivity index (χ1n) is 6.83. The van der Waals surface area contributed by atoms with Gasteiger partial charge in [-0.25, -0.2) is 0 Å². The number of hydrogen-bond acceptors (Lipinski definition) is 4. The maximum Gasteiger partial charge on any atom is 0.0897 e. The van der Waals surface area contributed by atoms with Crippen LogP contribution in [0.4, 0.5) is 0 Å². The predicted molar refractivity (Wildman–Crippen MR) is 68.0 cm³/mol. The summed E-state index contributed by atoms with van der Waals surface area (Å²) in [6, 6.07) is 0. The third-order valence-corrected chi connectivity index (χ3v) is 3.32. The molecule has 0 amide bonds. The number of nitrogens with one attached hydrogen (secondary N) is 1.